The second-order valence-electron chi connectivity index (χ2n) is 4.82. The summed E-state index contributed by atoms with van der Waals surface area (Å²) in [5.74, 6) is 0. The number of aromatic nitrogens is 3. The molecule has 4 nitrogen and oxygen atoms in total. The zero-order valence-electron chi connectivity index (χ0n) is 11.4. The van der Waals surface area contributed by atoms with Crippen LogP contribution in [0.25, 0.3) is 22.0 Å². The van der Waals surface area contributed by atoms with Gasteiger partial charge in [0.2, 0.25) is 0 Å². The minimum atomic E-state index is -4.39. The van der Waals surface area contributed by atoms with Crippen molar-refractivity contribution in [3.05, 3.63) is 58.9 Å². The van der Waals surface area contributed by atoms with Crippen LogP contribution in [0, 0.1) is 0 Å². The first-order chi connectivity index (χ1) is 10.4. The third-order valence-electron chi connectivity index (χ3n) is 3.35. The van der Waals surface area contributed by atoms with E-state index in [1.165, 1.54) is 35.4 Å². The first-order valence-electron chi connectivity index (χ1n) is 6.35. The molecule has 0 unspecified atom stereocenters. The standard InChI is InChI=1S/C15H10F3N3O/c1-21-8-20-13-11(6-19-7-12(13)14(21)22)9-2-4-10(5-3-9)15(16,17)18/h2-8H,1H3. The maximum absolute atomic E-state index is 12.6. The van der Waals surface area contributed by atoms with Crippen molar-refractivity contribution in [3.8, 4) is 11.1 Å². The molecule has 112 valence electrons. The Hall–Kier alpha value is -2.70. The SMILES string of the molecule is Cn1cnc2c(-c3ccc(C(F)(F)F)cc3)cncc2c1=O. The first-order valence-corrected chi connectivity index (χ1v) is 6.35. The molecule has 0 atom stereocenters. The maximum atomic E-state index is 12.6. The lowest BCUT2D eigenvalue weighted by Gasteiger charge is -2.09. The molecule has 3 rings (SSSR count). The van der Waals surface area contributed by atoms with Gasteiger partial charge in [-0.2, -0.15) is 13.2 Å². The van der Waals surface area contributed by atoms with E-state index in [9.17, 15) is 18.0 Å². The van der Waals surface area contributed by atoms with Gasteiger partial charge in [0.15, 0.2) is 0 Å². The molecule has 2 aromatic heterocycles. The van der Waals surface area contributed by atoms with Gasteiger partial charge in [-0.3, -0.25) is 9.78 Å². The van der Waals surface area contributed by atoms with Gasteiger partial charge in [0.25, 0.3) is 5.56 Å². The Morgan fingerprint density at radius 1 is 1.09 bits per heavy atom. The van der Waals surface area contributed by atoms with Crippen molar-refractivity contribution in [2.24, 2.45) is 7.05 Å². The largest absolute Gasteiger partial charge is 0.416 e. The number of pyridine rings is 1. The highest BCUT2D eigenvalue weighted by atomic mass is 19.4. The molecule has 0 fully saturated rings. The number of nitrogens with zero attached hydrogens (tertiary/aromatic N) is 3. The van der Waals surface area contributed by atoms with E-state index < -0.39 is 11.7 Å². The lowest BCUT2D eigenvalue weighted by molar-refractivity contribution is -0.137. The van der Waals surface area contributed by atoms with Crippen molar-refractivity contribution in [2.45, 2.75) is 6.18 Å². The second-order valence-corrected chi connectivity index (χ2v) is 4.82. The summed E-state index contributed by atoms with van der Waals surface area (Å²) in [5.41, 5.74) is 0.466. The molecule has 0 aliphatic carbocycles. The molecular formula is C15H10F3N3O. The van der Waals surface area contributed by atoms with Crippen LogP contribution in [0.5, 0.6) is 0 Å². The van der Waals surface area contributed by atoms with Gasteiger partial charge in [0.05, 0.1) is 22.8 Å². The summed E-state index contributed by atoms with van der Waals surface area (Å²) in [4.78, 5) is 20.2. The van der Waals surface area contributed by atoms with Crippen LogP contribution in [-0.4, -0.2) is 14.5 Å². The Bertz CT molecular complexity index is 899. The van der Waals surface area contributed by atoms with Crippen molar-refractivity contribution in [1.29, 1.82) is 0 Å². The zero-order valence-corrected chi connectivity index (χ0v) is 11.4. The number of hydrogen-bond acceptors (Lipinski definition) is 3. The third-order valence-corrected chi connectivity index (χ3v) is 3.35. The van der Waals surface area contributed by atoms with Crippen LogP contribution in [0.2, 0.25) is 0 Å². The Morgan fingerprint density at radius 2 is 1.77 bits per heavy atom. The molecule has 0 saturated heterocycles. The Morgan fingerprint density at radius 3 is 2.41 bits per heavy atom. The smallest absolute Gasteiger partial charge is 0.302 e. The fourth-order valence-corrected chi connectivity index (χ4v) is 2.19. The molecule has 2 heterocycles. The summed E-state index contributed by atoms with van der Waals surface area (Å²) in [6.45, 7) is 0. The maximum Gasteiger partial charge on any atom is 0.416 e. The molecule has 0 spiro atoms. The van der Waals surface area contributed by atoms with Gasteiger partial charge in [0, 0.05) is 25.0 Å². The third kappa shape index (κ3) is 2.34. The van der Waals surface area contributed by atoms with Crippen LogP contribution < -0.4 is 5.56 Å². The Labute approximate surface area is 122 Å². The molecule has 0 saturated carbocycles. The average Bonchev–Trinajstić information content (AvgIpc) is 2.50. The normalized spacial score (nSPS) is 11.8. The zero-order chi connectivity index (χ0) is 15.9. The summed E-state index contributed by atoms with van der Waals surface area (Å²) in [5, 5.41) is 0.322. The number of rotatable bonds is 1. The number of fused-ring (bicyclic) bond motifs is 1. The summed E-state index contributed by atoms with van der Waals surface area (Å²) >= 11 is 0. The molecule has 22 heavy (non-hydrogen) atoms. The highest BCUT2D eigenvalue weighted by molar-refractivity contribution is 5.91. The minimum Gasteiger partial charge on any atom is -0.302 e. The molecule has 1 aromatic carbocycles. The molecule has 0 N–H and O–H groups in total. The lowest BCUT2D eigenvalue weighted by atomic mass is 10.0. The van der Waals surface area contributed by atoms with E-state index >= 15 is 0 Å². The van der Waals surface area contributed by atoms with Gasteiger partial charge < -0.3 is 4.57 Å². The van der Waals surface area contributed by atoms with Crippen LogP contribution in [0.3, 0.4) is 0 Å². The average molecular weight is 305 g/mol. The fraction of sp³-hybridized carbons (Fsp3) is 0.133. The predicted molar refractivity (Wildman–Crippen MR) is 75.2 cm³/mol. The number of benzene rings is 1. The molecule has 0 aliphatic heterocycles. The van der Waals surface area contributed by atoms with Crippen molar-refractivity contribution in [2.75, 3.05) is 0 Å². The highest BCUT2D eigenvalue weighted by Gasteiger charge is 2.30. The number of aryl methyl sites for hydroxylation is 1. The predicted octanol–water partition coefficient (Wildman–Crippen LogP) is 3.01. The van der Waals surface area contributed by atoms with E-state index in [4.69, 9.17) is 0 Å². The highest BCUT2D eigenvalue weighted by Crippen LogP contribution is 2.31. The molecular weight excluding hydrogens is 295 g/mol. The first kappa shape index (κ1) is 14.2. The van der Waals surface area contributed by atoms with Crippen molar-refractivity contribution in [1.82, 2.24) is 14.5 Å². The molecule has 3 aromatic rings. The van der Waals surface area contributed by atoms with Gasteiger partial charge in [0.1, 0.15) is 0 Å². The van der Waals surface area contributed by atoms with E-state index in [0.717, 1.165) is 12.1 Å². The van der Waals surface area contributed by atoms with E-state index in [0.29, 0.717) is 22.0 Å². The number of alkyl halides is 3. The van der Waals surface area contributed by atoms with Gasteiger partial charge >= 0.3 is 6.18 Å². The topological polar surface area (TPSA) is 47.8 Å². The Kier molecular flexibility index (Phi) is 3.20. The second kappa shape index (κ2) is 4.94. The van der Waals surface area contributed by atoms with Crippen molar-refractivity contribution >= 4 is 10.9 Å². The van der Waals surface area contributed by atoms with Gasteiger partial charge in [-0.25, -0.2) is 4.98 Å². The van der Waals surface area contributed by atoms with E-state index in [-0.39, 0.29) is 5.56 Å². The monoisotopic (exact) mass is 305 g/mol. The number of halogens is 3. The van der Waals surface area contributed by atoms with Crippen LogP contribution in [0.4, 0.5) is 13.2 Å². The van der Waals surface area contributed by atoms with Crippen molar-refractivity contribution in [3.63, 3.8) is 0 Å². The minimum absolute atomic E-state index is 0.258. The van der Waals surface area contributed by atoms with E-state index in [1.54, 1.807) is 7.05 Å². The summed E-state index contributed by atoms with van der Waals surface area (Å²) < 4.78 is 39.1. The molecule has 0 aliphatic rings. The summed E-state index contributed by atoms with van der Waals surface area (Å²) in [6, 6.07) is 4.68. The Balaban J connectivity index is 2.19. The molecule has 0 bridgehead atoms. The van der Waals surface area contributed by atoms with E-state index in [2.05, 4.69) is 9.97 Å². The van der Waals surface area contributed by atoms with E-state index in [1.807, 2.05) is 0 Å². The molecule has 0 amide bonds. The summed E-state index contributed by atoms with van der Waals surface area (Å²) in [6.07, 6.45) is -0.127. The lowest BCUT2D eigenvalue weighted by Crippen LogP contribution is -2.17. The van der Waals surface area contributed by atoms with Crippen LogP contribution in [-0.2, 0) is 13.2 Å². The van der Waals surface area contributed by atoms with Gasteiger partial charge in [-0.1, -0.05) is 12.1 Å². The van der Waals surface area contributed by atoms with Gasteiger partial charge in [-0.15, -0.1) is 0 Å². The molecule has 0 radical (unpaired) electrons. The molecule has 7 heteroatoms. The van der Waals surface area contributed by atoms with Gasteiger partial charge in [-0.05, 0) is 17.7 Å². The fourth-order valence-electron chi connectivity index (χ4n) is 2.19. The number of hydrogen-bond donors (Lipinski definition) is 0. The van der Waals surface area contributed by atoms with Crippen LogP contribution >= 0.6 is 0 Å². The quantitative estimate of drug-likeness (QED) is 0.694. The van der Waals surface area contributed by atoms with Crippen molar-refractivity contribution < 1.29 is 13.2 Å². The van der Waals surface area contributed by atoms with Crippen LogP contribution in [0.15, 0.2) is 47.8 Å². The summed E-state index contributed by atoms with van der Waals surface area (Å²) in [7, 11) is 1.57. The van der Waals surface area contributed by atoms with Crippen LogP contribution in [0.1, 0.15) is 5.56 Å².